The summed E-state index contributed by atoms with van der Waals surface area (Å²) in [6.07, 6.45) is 0. The molecule has 0 amide bonds. The molecule has 0 aliphatic rings. The van der Waals surface area contributed by atoms with Gasteiger partial charge in [-0.3, -0.25) is 5.41 Å². The van der Waals surface area contributed by atoms with Crippen LogP contribution in [0.4, 0.5) is 0 Å². The SMILES string of the molecule is Cc1ccc(Oc2ccc(C(=N)N)c(Br)c2)c(Br)c1. The molecular weight excluding hydrogens is 372 g/mol. The van der Waals surface area contributed by atoms with E-state index in [1.54, 1.807) is 18.2 Å². The van der Waals surface area contributed by atoms with Crippen LogP contribution in [0.3, 0.4) is 0 Å². The fourth-order valence-corrected chi connectivity index (χ4v) is 2.74. The number of rotatable bonds is 3. The molecule has 0 saturated carbocycles. The van der Waals surface area contributed by atoms with E-state index in [-0.39, 0.29) is 5.84 Å². The van der Waals surface area contributed by atoms with Crippen LogP contribution in [-0.2, 0) is 0 Å². The largest absolute Gasteiger partial charge is 0.456 e. The lowest BCUT2D eigenvalue weighted by Crippen LogP contribution is -2.11. The topological polar surface area (TPSA) is 59.1 Å². The molecule has 0 heterocycles. The minimum Gasteiger partial charge on any atom is -0.456 e. The van der Waals surface area contributed by atoms with Crippen LogP contribution in [0.2, 0.25) is 0 Å². The van der Waals surface area contributed by atoms with Gasteiger partial charge in [0.05, 0.1) is 4.47 Å². The van der Waals surface area contributed by atoms with E-state index in [1.165, 1.54) is 0 Å². The molecule has 3 N–H and O–H groups in total. The zero-order valence-electron chi connectivity index (χ0n) is 10.2. The third-order valence-corrected chi connectivity index (χ3v) is 3.82. The first kappa shape index (κ1) is 14.1. The zero-order valence-corrected chi connectivity index (χ0v) is 13.4. The van der Waals surface area contributed by atoms with Crippen molar-refractivity contribution in [1.82, 2.24) is 0 Å². The van der Waals surface area contributed by atoms with Crippen molar-refractivity contribution in [2.24, 2.45) is 5.73 Å². The highest BCUT2D eigenvalue weighted by Crippen LogP contribution is 2.32. The number of halogens is 2. The maximum atomic E-state index is 7.43. The Kier molecular flexibility index (Phi) is 4.27. The van der Waals surface area contributed by atoms with Gasteiger partial charge in [0.2, 0.25) is 0 Å². The van der Waals surface area contributed by atoms with Crippen molar-refractivity contribution in [2.75, 3.05) is 0 Å². The fraction of sp³-hybridized carbons (Fsp3) is 0.0714. The van der Waals surface area contributed by atoms with E-state index in [0.717, 1.165) is 20.3 Å². The average molecular weight is 384 g/mol. The lowest BCUT2D eigenvalue weighted by molar-refractivity contribution is 0.479. The first-order valence-corrected chi connectivity index (χ1v) is 7.14. The Morgan fingerprint density at radius 2 is 1.84 bits per heavy atom. The second-order valence-corrected chi connectivity index (χ2v) is 5.80. The van der Waals surface area contributed by atoms with Crippen LogP contribution in [0.5, 0.6) is 11.5 Å². The lowest BCUT2D eigenvalue weighted by Gasteiger charge is -2.10. The molecule has 98 valence electrons. The van der Waals surface area contributed by atoms with Gasteiger partial charge >= 0.3 is 0 Å². The van der Waals surface area contributed by atoms with Gasteiger partial charge in [0.1, 0.15) is 17.3 Å². The number of nitrogens with one attached hydrogen (secondary N) is 1. The van der Waals surface area contributed by atoms with Crippen LogP contribution >= 0.6 is 31.9 Å². The lowest BCUT2D eigenvalue weighted by atomic mass is 10.2. The Hall–Kier alpha value is -1.33. The average Bonchev–Trinajstić information content (AvgIpc) is 2.32. The minimum atomic E-state index is 0.0231. The maximum absolute atomic E-state index is 7.43. The molecule has 3 nitrogen and oxygen atoms in total. The first-order chi connectivity index (χ1) is 8.97. The summed E-state index contributed by atoms with van der Waals surface area (Å²) in [6.45, 7) is 2.02. The van der Waals surface area contributed by atoms with E-state index in [2.05, 4.69) is 31.9 Å². The summed E-state index contributed by atoms with van der Waals surface area (Å²) in [5.41, 5.74) is 7.27. The van der Waals surface area contributed by atoms with Crippen LogP contribution in [0.15, 0.2) is 45.3 Å². The number of nitrogens with two attached hydrogens (primary N) is 1. The molecule has 0 spiro atoms. The number of amidine groups is 1. The van der Waals surface area contributed by atoms with Crippen LogP contribution in [0.1, 0.15) is 11.1 Å². The number of hydrogen-bond acceptors (Lipinski definition) is 2. The van der Waals surface area contributed by atoms with Gasteiger partial charge in [-0.2, -0.15) is 0 Å². The molecule has 5 heteroatoms. The molecule has 0 aliphatic carbocycles. The van der Waals surface area contributed by atoms with Crippen molar-refractivity contribution in [3.05, 3.63) is 56.5 Å². The van der Waals surface area contributed by atoms with Crippen molar-refractivity contribution in [3.63, 3.8) is 0 Å². The summed E-state index contributed by atoms with van der Waals surface area (Å²) in [5.74, 6) is 1.45. The molecule has 2 aromatic rings. The molecule has 2 aromatic carbocycles. The maximum Gasteiger partial charge on any atom is 0.141 e. The summed E-state index contributed by atoms with van der Waals surface area (Å²) in [4.78, 5) is 0. The first-order valence-electron chi connectivity index (χ1n) is 5.55. The van der Waals surface area contributed by atoms with Gasteiger partial charge in [0.15, 0.2) is 0 Å². The van der Waals surface area contributed by atoms with Gasteiger partial charge in [0.25, 0.3) is 0 Å². The monoisotopic (exact) mass is 382 g/mol. The van der Waals surface area contributed by atoms with Crippen molar-refractivity contribution in [3.8, 4) is 11.5 Å². The summed E-state index contributed by atoms with van der Waals surface area (Å²) in [5, 5.41) is 7.43. The minimum absolute atomic E-state index is 0.0231. The molecule has 0 atom stereocenters. The van der Waals surface area contributed by atoms with Crippen molar-refractivity contribution >= 4 is 37.7 Å². The second kappa shape index (κ2) is 5.75. The summed E-state index contributed by atoms with van der Waals surface area (Å²) in [6, 6.07) is 11.2. The van der Waals surface area contributed by atoms with Crippen LogP contribution < -0.4 is 10.5 Å². The number of hydrogen-bond donors (Lipinski definition) is 2. The van der Waals surface area contributed by atoms with Crippen molar-refractivity contribution in [1.29, 1.82) is 5.41 Å². The molecule has 0 aliphatic heterocycles. The highest BCUT2D eigenvalue weighted by atomic mass is 79.9. The quantitative estimate of drug-likeness (QED) is 0.601. The Balaban J connectivity index is 2.29. The number of nitrogen functional groups attached to an aromatic ring is 1. The van der Waals surface area contributed by atoms with Gasteiger partial charge in [-0.1, -0.05) is 6.07 Å². The predicted octanol–water partition coefficient (Wildman–Crippen LogP) is 4.60. The summed E-state index contributed by atoms with van der Waals surface area (Å²) in [7, 11) is 0. The van der Waals surface area contributed by atoms with E-state index in [0.29, 0.717) is 11.3 Å². The molecule has 0 unspecified atom stereocenters. The number of ether oxygens (including phenoxy) is 1. The normalized spacial score (nSPS) is 10.3. The van der Waals surface area contributed by atoms with Crippen LogP contribution in [0, 0.1) is 12.3 Å². The highest BCUT2D eigenvalue weighted by molar-refractivity contribution is 9.10. The Morgan fingerprint density at radius 3 is 2.42 bits per heavy atom. The smallest absolute Gasteiger partial charge is 0.141 e. The van der Waals surface area contributed by atoms with E-state index >= 15 is 0 Å². The Labute approximate surface area is 128 Å². The van der Waals surface area contributed by atoms with Crippen molar-refractivity contribution in [2.45, 2.75) is 6.92 Å². The van der Waals surface area contributed by atoms with Crippen molar-refractivity contribution < 1.29 is 4.74 Å². The standard InChI is InChI=1S/C14H12Br2N2O/c1-8-2-5-13(12(16)6-8)19-9-3-4-10(14(17)18)11(15)7-9/h2-7H,1H3,(H3,17,18). The predicted molar refractivity (Wildman–Crippen MR) is 84.1 cm³/mol. The number of aryl methyl sites for hydroxylation is 1. The van der Waals surface area contributed by atoms with E-state index in [4.69, 9.17) is 15.9 Å². The van der Waals surface area contributed by atoms with Gasteiger partial charge in [0, 0.05) is 10.0 Å². The van der Waals surface area contributed by atoms with Crippen LogP contribution in [0.25, 0.3) is 0 Å². The third-order valence-electron chi connectivity index (χ3n) is 2.55. The molecule has 0 bridgehead atoms. The zero-order chi connectivity index (χ0) is 14.0. The van der Waals surface area contributed by atoms with E-state index in [9.17, 15) is 0 Å². The van der Waals surface area contributed by atoms with Crippen LogP contribution in [-0.4, -0.2) is 5.84 Å². The summed E-state index contributed by atoms with van der Waals surface area (Å²) >= 11 is 6.85. The van der Waals surface area contributed by atoms with Gasteiger partial charge < -0.3 is 10.5 Å². The van der Waals surface area contributed by atoms with Gasteiger partial charge in [-0.05, 0) is 74.7 Å². The molecular formula is C14H12Br2N2O. The Bertz CT molecular complexity index is 641. The number of benzene rings is 2. The second-order valence-electron chi connectivity index (χ2n) is 4.09. The van der Waals surface area contributed by atoms with E-state index < -0.39 is 0 Å². The molecule has 19 heavy (non-hydrogen) atoms. The third kappa shape index (κ3) is 3.36. The van der Waals surface area contributed by atoms with Gasteiger partial charge in [-0.25, -0.2) is 0 Å². The Morgan fingerprint density at radius 1 is 1.11 bits per heavy atom. The van der Waals surface area contributed by atoms with Gasteiger partial charge in [-0.15, -0.1) is 0 Å². The molecule has 0 saturated heterocycles. The molecule has 0 radical (unpaired) electrons. The van der Waals surface area contributed by atoms with E-state index in [1.807, 2.05) is 25.1 Å². The molecule has 2 rings (SSSR count). The molecule has 0 fully saturated rings. The highest BCUT2D eigenvalue weighted by Gasteiger charge is 2.07. The summed E-state index contributed by atoms with van der Waals surface area (Å²) < 4.78 is 7.43. The molecule has 0 aromatic heterocycles. The fourth-order valence-electron chi connectivity index (χ4n) is 1.59.